The monoisotopic (exact) mass is 914 g/mol. The first-order valence-corrected chi connectivity index (χ1v) is 25.5. The van der Waals surface area contributed by atoms with Crippen molar-refractivity contribution >= 4 is 50.0 Å². The van der Waals surface area contributed by atoms with Crippen LogP contribution in [0.15, 0.2) is 231 Å². The van der Waals surface area contributed by atoms with Crippen LogP contribution >= 0.6 is 0 Å². The first-order valence-electron chi connectivity index (χ1n) is 21.3. The van der Waals surface area contributed by atoms with E-state index in [1.54, 1.807) is 0 Å². The Hall–Kier alpha value is -6.18. The van der Waals surface area contributed by atoms with E-state index >= 15 is 0 Å². The van der Waals surface area contributed by atoms with E-state index in [2.05, 4.69) is 251 Å². The van der Waals surface area contributed by atoms with Crippen molar-refractivity contribution in [1.82, 2.24) is 0 Å². The maximum atomic E-state index is 3.06. The van der Waals surface area contributed by atoms with E-state index in [1.165, 1.54) is 122 Å². The summed E-state index contributed by atoms with van der Waals surface area (Å²) in [5.41, 5.74) is 12.9. The van der Waals surface area contributed by atoms with Gasteiger partial charge in [0.15, 0.2) is 0 Å². The molecule has 0 spiro atoms. The summed E-state index contributed by atoms with van der Waals surface area (Å²) in [6.07, 6.45) is 0.870. The minimum Gasteiger partial charge on any atom is -0.164 e. The van der Waals surface area contributed by atoms with Crippen molar-refractivity contribution in [1.29, 1.82) is 0 Å². The van der Waals surface area contributed by atoms with E-state index in [1.807, 2.05) is 0 Å². The molecule has 0 saturated heterocycles. The summed E-state index contributed by atoms with van der Waals surface area (Å²) in [5, 5.41) is 10.5. The van der Waals surface area contributed by atoms with Crippen molar-refractivity contribution in [2.24, 2.45) is 0 Å². The van der Waals surface area contributed by atoms with Crippen LogP contribution < -0.4 is 0 Å². The van der Waals surface area contributed by atoms with Crippen LogP contribution in [0.3, 0.4) is 0 Å². The molecule has 2 radical (unpaired) electrons. The number of benzene rings is 9. The molecule has 0 aliphatic heterocycles. The van der Waals surface area contributed by atoms with Gasteiger partial charge < -0.3 is 14.9 Å². The van der Waals surface area contributed by atoms with Gasteiger partial charge in [-0.3, -0.25) is 0 Å². The van der Waals surface area contributed by atoms with Crippen LogP contribution in [0, 0.1) is 28.7 Å². The molecule has 0 heterocycles. The maximum absolute atomic E-state index is 3.06. The van der Waals surface area contributed by atoms with E-state index in [9.17, 15) is 0 Å². The second-order valence-electron chi connectivity index (χ2n) is 16.2. The molecule has 0 nitrogen and oxygen atoms in total. The van der Waals surface area contributed by atoms with Gasteiger partial charge >= 0.3 is 30.2 Å². The molecular formula is C62H52SiZr-4. The largest absolute Gasteiger partial charge is 0.164 e. The third-order valence-corrected chi connectivity index (χ3v) is 12.5. The van der Waals surface area contributed by atoms with Gasteiger partial charge in [-0.1, -0.05) is 213 Å². The van der Waals surface area contributed by atoms with Crippen LogP contribution in [0.4, 0.5) is 0 Å². The second-order valence-corrected chi connectivity index (χ2v) is 16.2. The van der Waals surface area contributed by atoms with Gasteiger partial charge in [-0.25, -0.2) is 0 Å². The average Bonchev–Trinajstić information content (AvgIpc) is 3.96. The topological polar surface area (TPSA) is 0 Å². The fourth-order valence-electron chi connectivity index (χ4n) is 9.66. The quantitative estimate of drug-likeness (QED) is 0.0849. The second kappa shape index (κ2) is 20.5. The molecule has 312 valence electrons. The minimum absolute atomic E-state index is 0. The molecule has 0 bridgehead atoms. The molecule has 0 fully saturated rings. The zero-order chi connectivity index (χ0) is 42.5. The number of aryl methyl sites for hydroxylation is 2. The molecule has 0 amide bonds. The summed E-state index contributed by atoms with van der Waals surface area (Å²) < 4.78 is 0. The van der Waals surface area contributed by atoms with Gasteiger partial charge in [-0.2, -0.15) is 12.1 Å². The molecule has 0 N–H and O–H groups in total. The summed E-state index contributed by atoms with van der Waals surface area (Å²) in [4.78, 5) is 0. The Bertz CT molecular complexity index is 3160. The molecule has 0 aliphatic carbocycles. The Morgan fingerprint density at radius 2 is 0.828 bits per heavy atom. The SMILES string of the molecule is Cc1cc2c(-c3cccc4ccccc34)ccc(C)c2[cH-]1.[CH3-].[CH3-].[Si]=[Zr].c1ccc(C(Cc2cc3c(-c4cccc5ccccc45)cccc3[cH-]2)(c2ccccc2)c2ccccc2)cc1. The van der Waals surface area contributed by atoms with Crippen LogP contribution in [-0.4, -0.2) is 6.88 Å². The fraction of sp³-hybridized carbons (Fsp3) is 0.0645. The Kier molecular flexibility index (Phi) is 14.7. The van der Waals surface area contributed by atoms with Crippen molar-refractivity contribution < 1.29 is 23.3 Å². The molecule has 11 aromatic carbocycles. The predicted octanol–water partition coefficient (Wildman–Crippen LogP) is 16.5. The van der Waals surface area contributed by atoms with Crippen LogP contribution in [0.5, 0.6) is 0 Å². The van der Waals surface area contributed by atoms with Crippen molar-refractivity contribution in [3.63, 3.8) is 0 Å². The molecule has 0 unspecified atom stereocenters. The summed E-state index contributed by atoms with van der Waals surface area (Å²) >= 11 is 1.36. The number of fused-ring (bicyclic) bond motifs is 4. The van der Waals surface area contributed by atoms with Crippen molar-refractivity contribution in [3.05, 3.63) is 279 Å². The first kappa shape index (κ1) is 45.8. The van der Waals surface area contributed by atoms with Crippen molar-refractivity contribution in [2.75, 3.05) is 0 Å². The Balaban J connectivity index is 0.000000208. The number of hydrogen-bond donors (Lipinski definition) is 0. The number of hydrogen-bond acceptors (Lipinski definition) is 0. The zero-order valence-corrected chi connectivity index (χ0v) is 40.6. The van der Waals surface area contributed by atoms with Gasteiger partial charge in [0.25, 0.3) is 0 Å². The van der Waals surface area contributed by atoms with Crippen LogP contribution in [0.25, 0.3) is 65.3 Å². The third-order valence-electron chi connectivity index (χ3n) is 12.5. The van der Waals surface area contributed by atoms with Crippen molar-refractivity contribution in [3.8, 4) is 22.3 Å². The summed E-state index contributed by atoms with van der Waals surface area (Å²) in [7, 11) is 0. The Morgan fingerprint density at radius 3 is 1.34 bits per heavy atom. The number of rotatable bonds is 7. The van der Waals surface area contributed by atoms with Crippen LogP contribution in [-0.2, 0) is 35.2 Å². The standard InChI is InChI=1S/C39H29.C21H17.2CH3.Si.Zr/c1-4-17-32(18-5-1)39(33-19-6-2-7-20-33,34-21-8-3-9-22-34)28-29-26-31-16-13-25-37(38(31)27-29)36-24-12-15-30-14-10-11-23-35(30)36;1-14-12-20-15(2)10-11-19(21(20)13-14)18-9-5-7-16-6-3-4-8-17(16)18;;;;/h1-27H,28H2;3-13H,1-2H3;2*1H3;;/q4*-1;;. The Labute approximate surface area is 397 Å². The predicted molar refractivity (Wildman–Crippen MR) is 276 cm³/mol. The van der Waals surface area contributed by atoms with E-state index in [4.69, 9.17) is 0 Å². The molecule has 2 heteroatoms. The van der Waals surface area contributed by atoms with Gasteiger partial charge in [-0.15, -0.1) is 68.6 Å². The third kappa shape index (κ3) is 8.83. The van der Waals surface area contributed by atoms with Crippen LogP contribution in [0.2, 0.25) is 0 Å². The molecule has 0 atom stereocenters. The minimum atomic E-state index is -0.312. The van der Waals surface area contributed by atoms with Gasteiger partial charge in [0.05, 0.1) is 0 Å². The van der Waals surface area contributed by atoms with E-state index in [0.717, 1.165) is 6.42 Å². The smallest absolute Gasteiger partial charge is 0.0475 e. The average molecular weight is 916 g/mol. The van der Waals surface area contributed by atoms with E-state index < -0.39 is 0 Å². The van der Waals surface area contributed by atoms with Gasteiger partial charge in [0, 0.05) is 5.41 Å². The first-order chi connectivity index (χ1) is 30.6. The molecule has 0 aliphatic rings. The maximum Gasteiger partial charge on any atom is 0.0475 e. The van der Waals surface area contributed by atoms with Gasteiger partial charge in [-0.05, 0) is 55.8 Å². The fourth-order valence-corrected chi connectivity index (χ4v) is 9.66. The molecule has 0 aromatic heterocycles. The molecule has 11 rings (SSSR count). The van der Waals surface area contributed by atoms with Gasteiger partial charge in [0.1, 0.15) is 0 Å². The summed E-state index contributed by atoms with van der Waals surface area (Å²) in [5.74, 6) is 0. The Morgan fingerprint density at radius 1 is 0.406 bits per heavy atom. The summed E-state index contributed by atoms with van der Waals surface area (Å²) in [6, 6.07) is 84.1. The molecule has 64 heavy (non-hydrogen) atoms. The molecular weight excluding hydrogens is 864 g/mol. The van der Waals surface area contributed by atoms with Gasteiger partial charge in [0.2, 0.25) is 0 Å². The molecule has 0 saturated carbocycles. The van der Waals surface area contributed by atoms with E-state index in [-0.39, 0.29) is 20.3 Å². The zero-order valence-electron chi connectivity index (χ0n) is 37.1. The van der Waals surface area contributed by atoms with Crippen LogP contribution in [0.1, 0.15) is 33.4 Å². The molecule has 11 aromatic rings. The normalized spacial score (nSPS) is 10.9. The summed E-state index contributed by atoms with van der Waals surface area (Å²) in [6.45, 7) is 7.42. The van der Waals surface area contributed by atoms with Crippen molar-refractivity contribution in [2.45, 2.75) is 25.7 Å². The van der Waals surface area contributed by atoms with E-state index in [0.29, 0.717) is 0 Å².